The maximum Gasteiger partial charge on any atom is 0.416 e. The van der Waals surface area contributed by atoms with E-state index in [9.17, 15) is 18.0 Å². The Labute approximate surface area is 219 Å². The average molecular weight is 529 g/mol. The molecule has 0 fully saturated rings. The van der Waals surface area contributed by atoms with Crippen molar-refractivity contribution in [3.8, 4) is 5.75 Å². The number of nitrogens with zero attached hydrogens (tertiary/aromatic N) is 3. The van der Waals surface area contributed by atoms with Gasteiger partial charge in [0.25, 0.3) is 5.91 Å². The fourth-order valence-electron chi connectivity index (χ4n) is 3.76. The van der Waals surface area contributed by atoms with Crippen molar-refractivity contribution >= 4 is 23.0 Å². The number of methoxy groups -OCH3 is 1. The number of nitrogens with two attached hydrogens (primary N) is 2. The number of hydrogen-bond acceptors (Lipinski definition) is 7. The normalized spacial score (nSPS) is 12.0. The van der Waals surface area contributed by atoms with Crippen molar-refractivity contribution in [2.45, 2.75) is 26.6 Å². The molecule has 0 spiro atoms. The molecule has 0 bridgehead atoms. The summed E-state index contributed by atoms with van der Waals surface area (Å²) >= 11 is 0. The Hall–Kier alpha value is -4.09. The Morgan fingerprint density at radius 2 is 1.92 bits per heavy atom. The van der Waals surface area contributed by atoms with Gasteiger partial charge in [0, 0.05) is 41.8 Å². The molecule has 1 amide bonds. The first kappa shape index (κ1) is 28.5. The van der Waals surface area contributed by atoms with Crippen molar-refractivity contribution in [1.82, 2.24) is 9.88 Å². The molecule has 202 valence electrons. The Balaban J connectivity index is 1.96. The van der Waals surface area contributed by atoms with Gasteiger partial charge in [-0.25, -0.2) is 5.84 Å². The second kappa shape index (κ2) is 12.0. The highest BCUT2D eigenvalue weighted by atomic mass is 19.4. The van der Waals surface area contributed by atoms with Gasteiger partial charge >= 0.3 is 6.18 Å². The number of halogens is 3. The Bertz CT molecular complexity index is 1310. The number of ether oxygens (including phenoxy) is 1. The summed E-state index contributed by atoms with van der Waals surface area (Å²) in [6.07, 6.45) is 0.0926. The highest BCUT2D eigenvalue weighted by molar-refractivity contribution is 6.06. The molecule has 0 saturated heterocycles. The molecule has 11 heteroatoms. The lowest BCUT2D eigenvalue weighted by Gasteiger charge is -2.21. The van der Waals surface area contributed by atoms with E-state index < -0.39 is 17.6 Å². The molecule has 0 unspecified atom stereocenters. The molecule has 0 radical (unpaired) electrons. The first-order valence-corrected chi connectivity index (χ1v) is 11.7. The molecule has 3 rings (SSSR count). The van der Waals surface area contributed by atoms with Gasteiger partial charge in [0.1, 0.15) is 5.75 Å². The van der Waals surface area contributed by atoms with E-state index >= 15 is 0 Å². The molecule has 8 nitrogen and oxygen atoms in total. The molecule has 0 saturated carbocycles. The summed E-state index contributed by atoms with van der Waals surface area (Å²) in [5.41, 5.74) is 7.89. The standard InChI is InChI=1S/C27H31F3N6O2/c1-5-35(3)15-20-11-21(27(28,29)30)13-23(25(20)38-4)34-26(37)18-9-8-17(2)24(12-18)36(32)16-22(31)19-7-6-10-33-14-19/h6-14,16H,5,15,31-32H2,1-4H3,(H,34,37)/b22-16-. The number of rotatable bonds is 9. The van der Waals surface area contributed by atoms with Crippen LogP contribution in [0, 0.1) is 6.92 Å². The van der Waals surface area contributed by atoms with Crippen LogP contribution in [0.25, 0.3) is 5.70 Å². The van der Waals surface area contributed by atoms with Crippen LogP contribution in [-0.2, 0) is 12.7 Å². The largest absolute Gasteiger partial charge is 0.494 e. The van der Waals surface area contributed by atoms with E-state index in [1.165, 1.54) is 24.4 Å². The third kappa shape index (κ3) is 6.81. The number of anilines is 2. The monoisotopic (exact) mass is 528 g/mol. The Morgan fingerprint density at radius 1 is 1.18 bits per heavy atom. The van der Waals surface area contributed by atoms with Crippen molar-refractivity contribution in [2.24, 2.45) is 11.6 Å². The molecule has 0 aliphatic rings. The number of benzene rings is 2. The smallest absolute Gasteiger partial charge is 0.416 e. The topological polar surface area (TPSA) is 110 Å². The van der Waals surface area contributed by atoms with Gasteiger partial charge in [0.05, 0.1) is 29.7 Å². The Morgan fingerprint density at radius 3 is 2.53 bits per heavy atom. The van der Waals surface area contributed by atoms with Crippen LogP contribution < -0.4 is 26.6 Å². The summed E-state index contributed by atoms with van der Waals surface area (Å²) in [4.78, 5) is 19.1. The third-order valence-corrected chi connectivity index (χ3v) is 5.95. The fourth-order valence-corrected chi connectivity index (χ4v) is 3.76. The lowest BCUT2D eigenvalue weighted by atomic mass is 10.1. The summed E-state index contributed by atoms with van der Waals surface area (Å²) in [6.45, 7) is 4.51. The zero-order chi connectivity index (χ0) is 28.0. The van der Waals surface area contributed by atoms with E-state index in [1.54, 1.807) is 50.6 Å². The van der Waals surface area contributed by atoms with E-state index in [4.69, 9.17) is 16.3 Å². The highest BCUT2D eigenvalue weighted by Gasteiger charge is 2.33. The van der Waals surface area contributed by atoms with Gasteiger partial charge in [-0.05, 0) is 62.5 Å². The van der Waals surface area contributed by atoms with Crippen LogP contribution in [0.1, 0.15) is 39.5 Å². The van der Waals surface area contributed by atoms with E-state index in [0.29, 0.717) is 29.1 Å². The van der Waals surface area contributed by atoms with Gasteiger partial charge in [0.15, 0.2) is 0 Å². The molecule has 38 heavy (non-hydrogen) atoms. The van der Waals surface area contributed by atoms with Crippen LogP contribution in [0.3, 0.4) is 0 Å². The van der Waals surface area contributed by atoms with E-state index in [-0.39, 0.29) is 23.5 Å². The van der Waals surface area contributed by atoms with Crippen molar-refractivity contribution < 1.29 is 22.7 Å². The molecule has 5 N–H and O–H groups in total. The van der Waals surface area contributed by atoms with Crippen LogP contribution in [0.15, 0.2) is 61.1 Å². The SMILES string of the molecule is CCN(C)Cc1cc(C(F)(F)F)cc(NC(=O)c2ccc(C)c(N(N)/C=C(\N)c3cccnc3)c2)c1OC. The summed E-state index contributed by atoms with van der Waals surface area (Å²) in [7, 11) is 3.13. The van der Waals surface area contributed by atoms with Crippen LogP contribution in [0.5, 0.6) is 5.75 Å². The second-order valence-corrected chi connectivity index (χ2v) is 8.73. The number of carbonyl (C=O) groups is 1. The molecular formula is C27H31F3N6O2. The minimum atomic E-state index is -4.61. The minimum Gasteiger partial charge on any atom is -0.494 e. The van der Waals surface area contributed by atoms with Gasteiger partial charge in [0.2, 0.25) is 0 Å². The quantitative estimate of drug-likeness (QED) is 0.271. The van der Waals surface area contributed by atoms with E-state index in [0.717, 1.165) is 17.7 Å². The second-order valence-electron chi connectivity index (χ2n) is 8.73. The van der Waals surface area contributed by atoms with Crippen LogP contribution >= 0.6 is 0 Å². The number of pyridine rings is 1. The third-order valence-electron chi connectivity index (χ3n) is 5.95. The van der Waals surface area contributed by atoms with E-state index in [1.807, 2.05) is 11.8 Å². The number of aryl methyl sites for hydroxylation is 1. The number of aromatic nitrogens is 1. The number of hydrazine groups is 1. The zero-order valence-electron chi connectivity index (χ0n) is 21.6. The molecule has 0 aliphatic heterocycles. The van der Waals surface area contributed by atoms with Crippen LogP contribution in [0.2, 0.25) is 0 Å². The van der Waals surface area contributed by atoms with Gasteiger partial charge in [-0.1, -0.05) is 13.0 Å². The average Bonchev–Trinajstić information content (AvgIpc) is 2.88. The predicted octanol–water partition coefficient (Wildman–Crippen LogP) is 4.76. The molecule has 1 heterocycles. The fraction of sp³-hybridized carbons (Fsp3) is 0.259. The van der Waals surface area contributed by atoms with Crippen molar-refractivity contribution in [3.63, 3.8) is 0 Å². The number of alkyl halides is 3. The predicted molar refractivity (Wildman–Crippen MR) is 142 cm³/mol. The summed E-state index contributed by atoms with van der Waals surface area (Å²) in [5, 5.41) is 3.86. The van der Waals surface area contributed by atoms with Gasteiger partial charge in [-0.2, -0.15) is 13.2 Å². The summed E-state index contributed by atoms with van der Waals surface area (Å²) in [5.74, 6) is 5.75. The molecule has 0 atom stereocenters. The van der Waals surface area contributed by atoms with Gasteiger partial charge in [-0.15, -0.1) is 0 Å². The van der Waals surface area contributed by atoms with Crippen molar-refractivity contribution in [2.75, 3.05) is 31.0 Å². The van der Waals surface area contributed by atoms with Crippen molar-refractivity contribution in [1.29, 1.82) is 0 Å². The molecule has 1 aromatic heterocycles. The van der Waals surface area contributed by atoms with Crippen LogP contribution in [-0.4, -0.2) is 36.5 Å². The lowest BCUT2D eigenvalue weighted by Crippen LogP contribution is -2.27. The molecule has 2 aromatic carbocycles. The minimum absolute atomic E-state index is 0.0840. The number of hydrogen-bond donors (Lipinski definition) is 3. The number of amides is 1. The molecule has 0 aliphatic carbocycles. The van der Waals surface area contributed by atoms with E-state index in [2.05, 4.69) is 10.3 Å². The summed E-state index contributed by atoms with van der Waals surface area (Å²) in [6, 6.07) is 10.2. The number of carbonyl (C=O) groups excluding carboxylic acids is 1. The summed E-state index contributed by atoms with van der Waals surface area (Å²) < 4.78 is 46.4. The first-order valence-electron chi connectivity index (χ1n) is 11.7. The molecular weight excluding hydrogens is 497 g/mol. The lowest BCUT2D eigenvalue weighted by molar-refractivity contribution is -0.137. The van der Waals surface area contributed by atoms with Crippen LogP contribution in [0.4, 0.5) is 24.5 Å². The van der Waals surface area contributed by atoms with Gasteiger partial charge < -0.3 is 20.7 Å². The van der Waals surface area contributed by atoms with Gasteiger partial charge in [-0.3, -0.25) is 14.8 Å². The maximum atomic E-state index is 13.7. The highest BCUT2D eigenvalue weighted by Crippen LogP contribution is 2.38. The maximum absolute atomic E-state index is 13.7. The Kier molecular flexibility index (Phi) is 8.97. The zero-order valence-corrected chi connectivity index (χ0v) is 21.6. The first-order chi connectivity index (χ1) is 17.9. The van der Waals surface area contributed by atoms with Crippen molar-refractivity contribution in [3.05, 3.63) is 88.9 Å². The number of nitrogens with one attached hydrogen (secondary N) is 1. The molecule has 3 aromatic rings.